The lowest BCUT2D eigenvalue weighted by atomic mass is 9.98. The topological polar surface area (TPSA) is 46.5 Å². The first-order chi connectivity index (χ1) is 8.36. The SMILES string of the molecule is COc1c(CC(C)C(=O)O)cc(F)cc1C(F)F. The summed E-state index contributed by atoms with van der Waals surface area (Å²) >= 11 is 0. The zero-order chi connectivity index (χ0) is 13.9. The highest BCUT2D eigenvalue weighted by Crippen LogP contribution is 2.34. The van der Waals surface area contributed by atoms with Gasteiger partial charge >= 0.3 is 5.97 Å². The largest absolute Gasteiger partial charge is 0.496 e. The fourth-order valence-electron chi connectivity index (χ4n) is 1.65. The van der Waals surface area contributed by atoms with Gasteiger partial charge < -0.3 is 9.84 Å². The molecule has 1 rings (SSSR count). The summed E-state index contributed by atoms with van der Waals surface area (Å²) in [6, 6.07) is 1.71. The molecule has 0 aromatic heterocycles. The Morgan fingerprint density at radius 2 is 2.06 bits per heavy atom. The van der Waals surface area contributed by atoms with Gasteiger partial charge in [0.05, 0.1) is 18.6 Å². The summed E-state index contributed by atoms with van der Waals surface area (Å²) in [5, 5.41) is 8.77. The highest BCUT2D eigenvalue weighted by molar-refractivity contribution is 5.70. The van der Waals surface area contributed by atoms with Crippen molar-refractivity contribution in [1.29, 1.82) is 0 Å². The van der Waals surface area contributed by atoms with Crippen LogP contribution < -0.4 is 4.74 Å². The highest BCUT2D eigenvalue weighted by Gasteiger charge is 2.22. The second kappa shape index (κ2) is 5.75. The summed E-state index contributed by atoms with van der Waals surface area (Å²) in [5.74, 6) is -2.88. The molecule has 1 N–H and O–H groups in total. The minimum atomic E-state index is -2.88. The molecule has 1 unspecified atom stereocenters. The molecule has 1 atom stereocenters. The van der Waals surface area contributed by atoms with E-state index in [9.17, 15) is 18.0 Å². The third kappa shape index (κ3) is 3.15. The Morgan fingerprint density at radius 3 is 2.50 bits per heavy atom. The Bertz CT molecular complexity index is 446. The van der Waals surface area contributed by atoms with Crippen LogP contribution in [-0.2, 0) is 11.2 Å². The maximum absolute atomic E-state index is 13.2. The van der Waals surface area contributed by atoms with Crippen LogP contribution in [0, 0.1) is 11.7 Å². The van der Waals surface area contributed by atoms with Crippen molar-refractivity contribution < 1.29 is 27.8 Å². The number of methoxy groups -OCH3 is 1. The molecular formula is C12H13F3O3. The van der Waals surface area contributed by atoms with Crippen LogP contribution >= 0.6 is 0 Å². The molecule has 0 aliphatic rings. The Labute approximate surface area is 102 Å². The molecule has 0 fully saturated rings. The smallest absolute Gasteiger partial charge is 0.306 e. The minimum Gasteiger partial charge on any atom is -0.496 e. The molecule has 100 valence electrons. The Hall–Kier alpha value is -1.72. The number of aliphatic carboxylic acids is 1. The average molecular weight is 262 g/mol. The second-order valence-corrected chi connectivity index (χ2v) is 3.93. The molecule has 0 saturated carbocycles. The number of benzene rings is 1. The van der Waals surface area contributed by atoms with E-state index in [0.717, 1.165) is 6.07 Å². The Morgan fingerprint density at radius 1 is 1.44 bits per heavy atom. The monoisotopic (exact) mass is 262 g/mol. The number of carboxylic acid groups (broad SMARTS) is 1. The third-order valence-corrected chi connectivity index (χ3v) is 2.55. The number of ether oxygens (including phenoxy) is 1. The minimum absolute atomic E-state index is 0.0734. The highest BCUT2D eigenvalue weighted by atomic mass is 19.3. The third-order valence-electron chi connectivity index (χ3n) is 2.55. The van der Waals surface area contributed by atoms with Gasteiger partial charge in [0.2, 0.25) is 0 Å². The number of hydrogen-bond donors (Lipinski definition) is 1. The standard InChI is InChI=1S/C12H13F3O3/c1-6(12(16)17)3-7-4-8(13)5-9(11(14)15)10(7)18-2/h4-6,11H,3H2,1-2H3,(H,16,17). The molecular weight excluding hydrogens is 249 g/mol. The molecule has 0 radical (unpaired) electrons. The maximum atomic E-state index is 13.2. The van der Waals surface area contributed by atoms with Gasteiger partial charge in [-0.1, -0.05) is 6.92 Å². The van der Waals surface area contributed by atoms with E-state index in [0.29, 0.717) is 6.07 Å². The van der Waals surface area contributed by atoms with Gasteiger partial charge in [-0.3, -0.25) is 4.79 Å². The molecule has 0 amide bonds. The van der Waals surface area contributed by atoms with E-state index in [2.05, 4.69) is 0 Å². The fourth-order valence-corrected chi connectivity index (χ4v) is 1.65. The fraction of sp³-hybridized carbons (Fsp3) is 0.417. The summed E-state index contributed by atoms with van der Waals surface area (Å²) in [6.07, 6.45) is -2.95. The molecule has 0 aliphatic heterocycles. The molecule has 0 bridgehead atoms. The van der Waals surface area contributed by atoms with E-state index in [1.807, 2.05) is 0 Å². The molecule has 1 aromatic carbocycles. The van der Waals surface area contributed by atoms with Crippen LogP contribution in [0.3, 0.4) is 0 Å². The molecule has 18 heavy (non-hydrogen) atoms. The lowest BCUT2D eigenvalue weighted by Crippen LogP contribution is -2.13. The zero-order valence-corrected chi connectivity index (χ0v) is 9.91. The summed E-state index contributed by atoms with van der Waals surface area (Å²) < 4.78 is 43.5. The predicted molar refractivity (Wildman–Crippen MR) is 58.4 cm³/mol. The summed E-state index contributed by atoms with van der Waals surface area (Å²) in [6.45, 7) is 1.41. The number of alkyl halides is 2. The van der Waals surface area contributed by atoms with Gasteiger partial charge in [-0.25, -0.2) is 13.2 Å². The first-order valence-electron chi connectivity index (χ1n) is 5.24. The van der Waals surface area contributed by atoms with Crippen molar-refractivity contribution in [1.82, 2.24) is 0 Å². The van der Waals surface area contributed by atoms with Crippen LogP contribution in [0.4, 0.5) is 13.2 Å². The van der Waals surface area contributed by atoms with E-state index in [4.69, 9.17) is 9.84 Å². The first-order valence-corrected chi connectivity index (χ1v) is 5.24. The van der Waals surface area contributed by atoms with Crippen molar-refractivity contribution in [2.45, 2.75) is 19.8 Å². The summed E-state index contributed by atoms with van der Waals surface area (Å²) in [5.41, 5.74) is -0.437. The van der Waals surface area contributed by atoms with Crippen molar-refractivity contribution >= 4 is 5.97 Å². The predicted octanol–water partition coefficient (Wildman–Crippen LogP) is 3.04. The van der Waals surface area contributed by atoms with Crippen molar-refractivity contribution in [2.24, 2.45) is 5.92 Å². The Balaban J connectivity index is 3.21. The number of carboxylic acids is 1. The van der Waals surface area contributed by atoms with Crippen LogP contribution in [0.1, 0.15) is 24.5 Å². The van der Waals surface area contributed by atoms with Gasteiger partial charge in [-0.2, -0.15) is 0 Å². The lowest BCUT2D eigenvalue weighted by Gasteiger charge is -2.15. The Kier molecular flexibility index (Phi) is 4.58. The van der Waals surface area contributed by atoms with Crippen LogP contribution in [-0.4, -0.2) is 18.2 Å². The number of rotatable bonds is 5. The molecule has 0 heterocycles. The van der Waals surface area contributed by atoms with Crippen LogP contribution in [0.15, 0.2) is 12.1 Å². The van der Waals surface area contributed by atoms with E-state index >= 15 is 0 Å². The molecule has 1 aromatic rings. The second-order valence-electron chi connectivity index (χ2n) is 3.93. The number of carbonyl (C=O) groups is 1. The molecule has 6 heteroatoms. The van der Waals surface area contributed by atoms with Gasteiger partial charge in [0.15, 0.2) is 0 Å². The van der Waals surface area contributed by atoms with Gasteiger partial charge in [0.1, 0.15) is 11.6 Å². The van der Waals surface area contributed by atoms with E-state index in [-0.39, 0.29) is 17.7 Å². The number of hydrogen-bond acceptors (Lipinski definition) is 2. The van der Waals surface area contributed by atoms with Crippen molar-refractivity contribution in [2.75, 3.05) is 7.11 Å². The number of halogens is 3. The summed E-state index contributed by atoms with van der Waals surface area (Å²) in [4.78, 5) is 10.7. The van der Waals surface area contributed by atoms with Crippen LogP contribution in [0.2, 0.25) is 0 Å². The summed E-state index contributed by atoms with van der Waals surface area (Å²) in [7, 11) is 1.19. The van der Waals surface area contributed by atoms with Crippen LogP contribution in [0.5, 0.6) is 5.75 Å². The van der Waals surface area contributed by atoms with Gasteiger partial charge in [-0.15, -0.1) is 0 Å². The van der Waals surface area contributed by atoms with Gasteiger partial charge in [0, 0.05) is 0 Å². The van der Waals surface area contributed by atoms with Crippen molar-refractivity contribution in [3.05, 3.63) is 29.1 Å². The van der Waals surface area contributed by atoms with Gasteiger partial charge in [-0.05, 0) is 24.1 Å². The zero-order valence-electron chi connectivity index (χ0n) is 9.91. The van der Waals surface area contributed by atoms with Crippen LogP contribution in [0.25, 0.3) is 0 Å². The van der Waals surface area contributed by atoms with Gasteiger partial charge in [0.25, 0.3) is 6.43 Å². The lowest BCUT2D eigenvalue weighted by molar-refractivity contribution is -0.141. The van der Waals surface area contributed by atoms with E-state index in [1.54, 1.807) is 0 Å². The molecule has 0 saturated heterocycles. The first kappa shape index (κ1) is 14.3. The van der Waals surface area contributed by atoms with Crippen molar-refractivity contribution in [3.8, 4) is 5.75 Å². The molecule has 0 aliphatic carbocycles. The maximum Gasteiger partial charge on any atom is 0.306 e. The quantitative estimate of drug-likeness (QED) is 0.887. The van der Waals surface area contributed by atoms with E-state index < -0.39 is 29.7 Å². The normalized spacial score (nSPS) is 12.6. The van der Waals surface area contributed by atoms with Crippen molar-refractivity contribution in [3.63, 3.8) is 0 Å². The average Bonchev–Trinajstić information content (AvgIpc) is 2.27. The molecule has 0 spiro atoms. The molecule has 3 nitrogen and oxygen atoms in total. The van der Waals surface area contributed by atoms with E-state index in [1.165, 1.54) is 14.0 Å².